The van der Waals surface area contributed by atoms with Gasteiger partial charge in [-0.05, 0) is 36.4 Å². The first-order valence-electron chi connectivity index (χ1n) is 7.08. The Bertz CT molecular complexity index is 958. The van der Waals surface area contributed by atoms with Gasteiger partial charge in [0.15, 0.2) is 0 Å². The molecule has 0 aliphatic carbocycles. The topological polar surface area (TPSA) is 91.8 Å². The van der Waals surface area contributed by atoms with Gasteiger partial charge in [-0.3, -0.25) is 9.59 Å². The van der Waals surface area contributed by atoms with E-state index in [1.165, 1.54) is 36.4 Å². The van der Waals surface area contributed by atoms with E-state index in [4.69, 9.17) is 11.6 Å². The van der Waals surface area contributed by atoms with Crippen LogP contribution in [0.1, 0.15) is 6.42 Å². The summed E-state index contributed by atoms with van der Waals surface area (Å²) in [5.41, 5.74) is 0.182. The molecule has 3 rings (SSSR count). The molecule has 0 N–H and O–H groups in total. The average Bonchev–Trinajstić information content (AvgIpc) is 2.55. The molecule has 1 fully saturated rings. The molecule has 0 bridgehead atoms. The molecule has 128 valence electrons. The summed E-state index contributed by atoms with van der Waals surface area (Å²) < 4.78 is 25.5. The number of nitrogens with zero attached hydrogens (tertiary/aromatic N) is 2. The molecule has 4 amide bonds. The van der Waals surface area contributed by atoms with E-state index in [0.717, 1.165) is 0 Å². The van der Waals surface area contributed by atoms with Crippen LogP contribution in [0.25, 0.3) is 0 Å². The van der Waals surface area contributed by atoms with Crippen LogP contribution in [0.5, 0.6) is 0 Å². The number of imide groups is 2. The number of para-hydroxylation sites is 1. The maximum atomic E-state index is 12.7. The number of sulfonamides is 1. The summed E-state index contributed by atoms with van der Waals surface area (Å²) in [7, 11) is -4.46. The Balaban J connectivity index is 2.06. The van der Waals surface area contributed by atoms with Crippen molar-refractivity contribution in [1.29, 1.82) is 0 Å². The van der Waals surface area contributed by atoms with Crippen molar-refractivity contribution < 1.29 is 22.8 Å². The van der Waals surface area contributed by atoms with Gasteiger partial charge in [-0.25, -0.2) is 18.1 Å². The second-order valence-electron chi connectivity index (χ2n) is 5.14. The lowest BCUT2D eigenvalue weighted by molar-refractivity contribution is -0.131. The highest BCUT2D eigenvalue weighted by Crippen LogP contribution is 2.27. The Labute approximate surface area is 148 Å². The second-order valence-corrected chi connectivity index (χ2v) is 7.36. The Morgan fingerprint density at radius 1 is 0.840 bits per heavy atom. The van der Waals surface area contributed by atoms with Crippen molar-refractivity contribution in [2.75, 3.05) is 4.90 Å². The fourth-order valence-electron chi connectivity index (χ4n) is 2.36. The number of anilines is 1. The zero-order chi connectivity index (χ0) is 18.2. The van der Waals surface area contributed by atoms with Crippen molar-refractivity contribution in [3.05, 3.63) is 59.6 Å². The van der Waals surface area contributed by atoms with Gasteiger partial charge in [-0.15, -0.1) is 0 Å². The van der Waals surface area contributed by atoms with Crippen molar-refractivity contribution >= 4 is 45.2 Å². The molecule has 0 unspecified atom stereocenters. The molecule has 9 heteroatoms. The van der Waals surface area contributed by atoms with Crippen LogP contribution < -0.4 is 4.90 Å². The predicted molar refractivity (Wildman–Crippen MR) is 89.4 cm³/mol. The predicted octanol–water partition coefficient (Wildman–Crippen LogP) is 2.41. The van der Waals surface area contributed by atoms with Crippen LogP contribution >= 0.6 is 11.6 Å². The van der Waals surface area contributed by atoms with Crippen LogP contribution in [-0.2, 0) is 19.6 Å². The van der Waals surface area contributed by atoms with Gasteiger partial charge < -0.3 is 0 Å². The molecular weight excluding hydrogens is 368 g/mol. The Morgan fingerprint density at radius 2 is 1.44 bits per heavy atom. The summed E-state index contributed by atoms with van der Waals surface area (Å²) in [6.07, 6.45) is -0.729. The number of amides is 4. The standard InChI is InChI=1S/C16H11ClN2O5S/c17-11-6-8-13(9-7-11)25(23,24)19-15(21)10-14(20)18(16(19)22)12-4-2-1-3-5-12/h1-9H,10H2. The fraction of sp³-hybridized carbons (Fsp3) is 0.0625. The van der Waals surface area contributed by atoms with Gasteiger partial charge in [0.1, 0.15) is 6.42 Å². The summed E-state index contributed by atoms with van der Waals surface area (Å²) in [6, 6.07) is 11.6. The molecule has 1 saturated heterocycles. The van der Waals surface area contributed by atoms with Gasteiger partial charge in [0.2, 0.25) is 5.91 Å². The van der Waals surface area contributed by atoms with Crippen molar-refractivity contribution in [3.63, 3.8) is 0 Å². The summed E-state index contributed by atoms with van der Waals surface area (Å²) in [5, 5.41) is 0.302. The highest BCUT2D eigenvalue weighted by molar-refractivity contribution is 7.90. The molecule has 25 heavy (non-hydrogen) atoms. The molecule has 1 aliphatic rings. The van der Waals surface area contributed by atoms with Gasteiger partial charge in [0, 0.05) is 5.02 Å². The summed E-state index contributed by atoms with van der Waals surface area (Å²) in [4.78, 5) is 37.3. The summed E-state index contributed by atoms with van der Waals surface area (Å²) in [6.45, 7) is 0. The molecule has 2 aromatic carbocycles. The monoisotopic (exact) mass is 378 g/mol. The van der Waals surface area contributed by atoms with Crippen LogP contribution in [0, 0.1) is 0 Å². The van der Waals surface area contributed by atoms with Crippen molar-refractivity contribution in [2.24, 2.45) is 0 Å². The first kappa shape index (κ1) is 17.1. The zero-order valence-corrected chi connectivity index (χ0v) is 14.2. The summed E-state index contributed by atoms with van der Waals surface area (Å²) in [5.74, 6) is -1.89. The first-order chi connectivity index (χ1) is 11.8. The molecule has 0 saturated carbocycles. The van der Waals surface area contributed by atoms with Gasteiger partial charge in [-0.1, -0.05) is 29.8 Å². The van der Waals surface area contributed by atoms with E-state index < -0.39 is 34.3 Å². The number of rotatable bonds is 3. The Morgan fingerprint density at radius 3 is 2.04 bits per heavy atom. The van der Waals surface area contributed by atoms with E-state index in [2.05, 4.69) is 0 Å². The normalized spacial score (nSPS) is 15.6. The number of hydrogen-bond acceptors (Lipinski definition) is 5. The van der Waals surface area contributed by atoms with E-state index in [-0.39, 0.29) is 14.9 Å². The molecule has 0 spiro atoms. The third-order valence-corrected chi connectivity index (χ3v) is 5.47. The van der Waals surface area contributed by atoms with Crippen LogP contribution in [-0.4, -0.2) is 30.6 Å². The first-order valence-corrected chi connectivity index (χ1v) is 8.90. The molecule has 7 nitrogen and oxygen atoms in total. The lowest BCUT2D eigenvalue weighted by Crippen LogP contribution is -2.57. The zero-order valence-electron chi connectivity index (χ0n) is 12.6. The minimum atomic E-state index is -4.46. The van der Waals surface area contributed by atoms with Crippen molar-refractivity contribution in [1.82, 2.24) is 4.31 Å². The number of carbonyl (C=O) groups is 3. The highest BCUT2D eigenvalue weighted by atomic mass is 35.5. The Kier molecular flexibility index (Phi) is 4.32. The minimum absolute atomic E-state index is 0.116. The number of hydrogen-bond donors (Lipinski definition) is 0. The van der Waals surface area contributed by atoms with Gasteiger partial charge in [-0.2, -0.15) is 4.31 Å². The summed E-state index contributed by atoms with van der Waals surface area (Å²) >= 11 is 5.73. The van der Waals surface area contributed by atoms with E-state index >= 15 is 0 Å². The SMILES string of the molecule is O=C1CC(=O)N(S(=O)(=O)c2ccc(Cl)cc2)C(=O)N1c1ccccc1. The lowest BCUT2D eigenvalue weighted by atomic mass is 10.2. The third kappa shape index (κ3) is 3.01. The number of urea groups is 1. The molecule has 1 heterocycles. The molecule has 0 radical (unpaired) electrons. The maximum Gasteiger partial charge on any atom is 0.352 e. The van der Waals surface area contributed by atoms with Crippen molar-refractivity contribution in [3.8, 4) is 0 Å². The second kappa shape index (κ2) is 6.30. The minimum Gasteiger partial charge on any atom is -0.273 e. The van der Waals surface area contributed by atoms with Crippen molar-refractivity contribution in [2.45, 2.75) is 11.3 Å². The Hall–Kier alpha value is -2.71. The van der Waals surface area contributed by atoms with Crippen LogP contribution in [0.2, 0.25) is 5.02 Å². The quantitative estimate of drug-likeness (QED) is 0.765. The van der Waals surface area contributed by atoms with E-state index in [1.807, 2.05) is 0 Å². The average molecular weight is 379 g/mol. The largest absolute Gasteiger partial charge is 0.352 e. The van der Waals surface area contributed by atoms with Gasteiger partial charge >= 0.3 is 6.03 Å². The molecular formula is C16H11ClN2O5S. The lowest BCUT2D eigenvalue weighted by Gasteiger charge is -2.31. The van der Waals surface area contributed by atoms with Gasteiger partial charge in [0.05, 0.1) is 10.6 Å². The smallest absolute Gasteiger partial charge is 0.273 e. The molecule has 1 aliphatic heterocycles. The number of barbiturate groups is 1. The third-order valence-electron chi connectivity index (χ3n) is 3.51. The van der Waals surface area contributed by atoms with E-state index in [1.54, 1.807) is 18.2 Å². The van der Waals surface area contributed by atoms with Gasteiger partial charge in [0.25, 0.3) is 15.9 Å². The number of benzene rings is 2. The number of carbonyl (C=O) groups excluding carboxylic acids is 3. The van der Waals surface area contributed by atoms with E-state index in [9.17, 15) is 22.8 Å². The number of halogens is 1. The van der Waals surface area contributed by atoms with Crippen LogP contribution in [0.4, 0.5) is 10.5 Å². The molecule has 0 aromatic heterocycles. The van der Waals surface area contributed by atoms with Crippen LogP contribution in [0.15, 0.2) is 59.5 Å². The fourth-order valence-corrected chi connectivity index (χ4v) is 3.80. The van der Waals surface area contributed by atoms with E-state index in [0.29, 0.717) is 9.92 Å². The van der Waals surface area contributed by atoms with Crippen LogP contribution in [0.3, 0.4) is 0 Å². The molecule has 0 atom stereocenters. The highest BCUT2D eigenvalue weighted by Gasteiger charge is 2.45. The molecule has 2 aromatic rings. The maximum absolute atomic E-state index is 12.7.